The molecule has 1 aromatic heterocycles. The number of aromatic nitrogens is 1. The van der Waals surface area contributed by atoms with E-state index in [9.17, 15) is 20.0 Å². The Morgan fingerprint density at radius 3 is 2.59 bits per heavy atom. The average Bonchev–Trinajstić information content (AvgIpc) is 3.12. The smallest absolute Gasteiger partial charge is 0.269 e. The van der Waals surface area contributed by atoms with Crippen molar-refractivity contribution in [1.82, 2.24) is 4.98 Å². The zero-order chi connectivity index (χ0) is 20.5. The van der Waals surface area contributed by atoms with Gasteiger partial charge in [-0.3, -0.25) is 14.9 Å². The fourth-order valence-electron chi connectivity index (χ4n) is 2.88. The van der Waals surface area contributed by atoms with Crippen molar-refractivity contribution in [3.05, 3.63) is 81.9 Å². The number of aryl methyl sites for hydroxylation is 1. The zero-order valence-corrected chi connectivity index (χ0v) is 15.2. The lowest BCUT2D eigenvalue weighted by atomic mass is 10.1. The predicted molar refractivity (Wildman–Crippen MR) is 107 cm³/mol. The second kappa shape index (κ2) is 7.08. The molecule has 1 heterocycles. The van der Waals surface area contributed by atoms with E-state index in [0.717, 1.165) is 5.56 Å². The quantitative estimate of drug-likeness (QED) is 0.297. The van der Waals surface area contributed by atoms with E-state index in [-0.39, 0.29) is 22.9 Å². The molecule has 0 aliphatic heterocycles. The first-order valence-electron chi connectivity index (χ1n) is 8.67. The Morgan fingerprint density at radius 1 is 1.10 bits per heavy atom. The second-order valence-electron chi connectivity index (χ2n) is 6.48. The van der Waals surface area contributed by atoms with Crippen molar-refractivity contribution in [3.63, 3.8) is 0 Å². The summed E-state index contributed by atoms with van der Waals surface area (Å²) in [5, 5.41) is 23.7. The average molecular weight is 389 g/mol. The van der Waals surface area contributed by atoms with E-state index in [0.29, 0.717) is 22.4 Å². The van der Waals surface area contributed by atoms with Crippen molar-refractivity contribution in [2.75, 3.05) is 5.32 Å². The monoisotopic (exact) mass is 389 g/mol. The molecule has 0 bridgehead atoms. The van der Waals surface area contributed by atoms with Gasteiger partial charge < -0.3 is 14.8 Å². The number of rotatable bonds is 4. The van der Waals surface area contributed by atoms with Crippen LogP contribution in [0.15, 0.2) is 65.1 Å². The molecule has 3 aromatic carbocycles. The molecule has 0 saturated carbocycles. The number of aromatic hydroxyl groups is 1. The van der Waals surface area contributed by atoms with Gasteiger partial charge in [-0.25, -0.2) is 4.98 Å². The summed E-state index contributed by atoms with van der Waals surface area (Å²) in [6.45, 7) is 1.94. The molecule has 0 radical (unpaired) electrons. The van der Waals surface area contributed by atoms with Crippen LogP contribution in [0.5, 0.6) is 5.75 Å². The number of oxazole rings is 1. The van der Waals surface area contributed by atoms with Crippen molar-refractivity contribution >= 4 is 28.4 Å². The van der Waals surface area contributed by atoms with Gasteiger partial charge in [0.1, 0.15) is 11.3 Å². The van der Waals surface area contributed by atoms with Crippen LogP contribution >= 0.6 is 0 Å². The van der Waals surface area contributed by atoms with Gasteiger partial charge in [-0.05, 0) is 55.0 Å². The van der Waals surface area contributed by atoms with Crippen LogP contribution in [0.25, 0.3) is 22.6 Å². The zero-order valence-electron chi connectivity index (χ0n) is 15.2. The van der Waals surface area contributed by atoms with Crippen molar-refractivity contribution in [1.29, 1.82) is 0 Å². The maximum Gasteiger partial charge on any atom is 0.269 e. The molecule has 8 heteroatoms. The minimum Gasteiger partial charge on any atom is -0.507 e. The number of nitrogens with zero attached hydrogens (tertiary/aromatic N) is 2. The summed E-state index contributed by atoms with van der Waals surface area (Å²) in [6, 6.07) is 15.4. The molecule has 0 unspecified atom stereocenters. The van der Waals surface area contributed by atoms with Crippen molar-refractivity contribution in [2.45, 2.75) is 6.92 Å². The number of nitrogens with one attached hydrogen (secondary N) is 1. The van der Waals surface area contributed by atoms with Crippen molar-refractivity contribution < 1.29 is 19.2 Å². The number of nitro benzene ring substituents is 1. The number of phenolic OH excluding ortho intramolecular Hbond substituents is 1. The third kappa shape index (κ3) is 3.63. The van der Waals surface area contributed by atoms with Crippen LogP contribution in [0.4, 0.5) is 11.4 Å². The molecule has 29 heavy (non-hydrogen) atoms. The van der Waals surface area contributed by atoms with E-state index in [2.05, 4.69) is 10.3 Å². The number of phenols is 1. The molecule has 4 aromatic rings. The van der Waals surface area contributed by atoms with Crippen LogP contribution in [0.1, 0.15) is 15.9 Å². The Bertz CT molecular complexity index is 1250. The topological polar surface area (TPSA) is 118 Å². The summed E-state index contributed by atoms with van der Waals surface area (Å²) in [7, 11) is 0. The summed E-state index contributed by atoms with van der Waals surface area (Å²) in [6.07, 6.45) is 0. The number of benzene rings is 3. The molecule has 0 spiro atoms. The lowest BCUT2D eigenvalue weighted by Gasteiger charge is -2.07. The van der Waals surface area contributed by atoms with Crippen molar-refractivity contribution in [2.24, 2.45) is 0 Å². The fraction of sp³-hybridized carbons (Fsp3) is 0.0476. The first-order chi connectivity index (χ1) is 13.9. The van der Waals surface area contributed by atoms with Gasteiger partial charge in [0, 0.05) is 23.4 Å². The van der Waals surface area contributed by atoms with E-state index < -0.39 is 10.8 Å². The van der Waals surface area contributed by atoms with Gasteiger partial charge in [0.15, 0.2) is 5.58 Å². The Morgan fingerprint density at radius 2 is 1.86 bits per heavy atom. The Labute approximate surface area is 164 Å². The molecule has 0 atom stereocenters. The third-order valence-corrected chi connectivity index (χ3v) is 4.37. The van der Waals surface area contributed by atoms with E-state index in [1.807, 2.05) is 19.1 Å². The highest BCUT2D eigenvalue weighted by Crippen LogP contribution is 2.33. The third-order valence-electron chi connectivity index (χ3n) is 4.37. The molecule has 0 fully saturated rings. The Balaban J connectivity index is 1.62. The first-order valence-corrected chi connectivity index (χ1v) is 8.67. The Kier molecular flexibility index (Phi) is 4.44. The maximum absolute atomic E-state index is 12.4. The van der Waals surface area contributed by atoms with Gasteiger partial charge in [-0.1, -0.05) is 6.07 Å². The fourth-order valence-corrected chi connectivity index (χ4v) is 2.88. The van der Waals surface area contributed by atoms with Gasteiger partial charge in [-0.15, -0.1) is 0 Å². The number of anilines is 1. The van der Waals surface area contributed by atoms with E-state index in [4.69, 9.17) is 4.42 Å². The molecule has 4 rings (SSSR count). The number of amides is 1. The van der Waals surface area contributed by atoms with Crippen LogP contribution < -0.4 is 5.32 Å². The van der Waals surface area contributed by atoms with Gasteiger partial charge in [0.2, 0.25) is 5.89 Å². The van der Waals surface area contributed by atoms with Crippen LogP contribution in [0, 0.1) is 17.0 Å². The van der Waals surface area contributed by atoms with Crippen LogP contribution in [-0.4, -0.2) is 20.9 Å². The largest absolute Gasteiger partial charge is 0.507 e. The lowest BCUT2D eigenvalue weighted by molar-refractivity contribution is -0.384. The van der Waals surface area contributed by atoms with Crippen molar-refractivity contribution in [3.8, 4) is 17.2 Å². The minimum atomic E-state index is -0.532. The first kappa shape index (κ1) is 18.2. The maximum atomic E-state index is 12.4. The number of non-ortho nitro benzene ring substituents is 1. The molecule has 2 N–H and O–H groups in total. The van der Waals surface area contributed by atoms with E-state index in [1.54, 1.807) is 12.1 Å². The molecular formula is C21H15N3O5. The summed E-state index contributed by atoms with van der Waals surface area (Å²) >= 11 is 0. The summed E-state index contributed by atoms with van der Waals surface area (Å²) < 4.78 is 5.72. The Hall–Kier alpha value is -4.20. The summed E-state index contributed by atoms with van der Waals surface area (Å²) in [4.78, 5) is 27.0. The van der Waals surface area contributed by atoms with Gasteiger partial charge in [0.05, 0.1) is 10.5 Å². The number of carbonyl (C=O) groups is 1. The minimum absolute atomic E-state index is 0.0402. The van der Waals surface area contributed by atoms with Crippen LogP contribution in [0.2, 0.25) is 0 Å². The molecule has 0 saturated heterocycles. The molecular weight excluding hydrogens is 374 g/mol. The highest BCUT2D eigenvalue weighted by molar-refractivity contribution is 6.04. The summed E-state index contributed by atoms with van der Waals surface area (Å²) in [5.74, 6) is -0.249. The van der Waals surface area contributed by atoms with Gasteiger partial charge >= 0.3 is 0 Å². The lowest BCUT2D eigenvalue weighted by Crippen LogP contribution is -2.11. The second-order valence-corrected chi connectivity index (χ2v) is 6.48. The number of carbonyl (C=O) groups excluding carboxylic acids is 1. The van der Waals surface area contributed by atoms with Crippen LogP contribution in [-0.2, 0) is 0 Å². The molecule has 1 amide bonds. The molecule has 0 aliphatic carbocycles. The SMILES string of the molecule is Cc1ccc2oc(-c3cc(NC(=O)c4ccc([N+](=O)[O-])cc4)ccc3O)nc2c1. The summed E-state index contributed by atoms with van der Waals surface area (Å²) in [5.41, 5.74) is 3.21. The predicted octanol–water partition coefficient (Wildman–Crippen LogP) is 4.67. The van der Waals surface area contributed by atoms with Crippen LogP contribution in [0.3, 0.4) is 0 Å². The normalized spacial score (nSPS) is 10.8. The van der Waals surface area contributed by atoms with E-state index in [1.165, 1.54) is 36.4 Å². The van der Waals surface area contributed by atoms with E-state index >= 15 is 0 Å². The number of nitro groups is 1. The standard InChI is InChI=1S/C21H15N3O5/c1-12-2-9-19-17(10-12)23-21(29-19)16-11-14(5-8-18(16)25)22-20(26)13-3-6-15(7-4-13)24(27)28/h2-11,25H,1H3,(H,22,26). The molecule has 8 nitrogen and oxygen atoms in total. The van der Waals surface area contributed by atoms with Gasteiger partial charge in [0.25, 0.3) is 11.6 Å². The molecule has 144 valence electrons. The number of hydrogen-bond donors (Lipinski definition) is 2. The number of fused-ring (bicyclic) bond motifs is 1. The molecule has 0 aliphatic rings. The highest BCUT2D eigenvalue weighted by atomic mass is 16.6. The van der Waals surface area contributed by atoms with Gasteiger partial charge in [-0.2, -0.15) is 0 Å². The highest BCUT2D eigenvalue weighted by Gasteiger charge is 2.15. The number of hydrogen-bond acceptors (Lipinski definition) is 6.